The molecule has 0 spiro atoms. The zero-order valence-corrected chi connectivity index (χ0v) is 23.5. The maximum absolute atomic E-state index is 13.7. The SMILES string of the molecule is CCOC(C)O[C@@H]1[C@@H](C)[C@@H](OC(C)(C)O)[C@@H](OP(=O)(OC)Oc2ccc(C=O)cc2)[C@@H]2OC(C)(C)O[C@H]21. The Morgan fingerprint density at radius 1 is 1.14 bits per heavy atom. The van der Waals surface area contributed by atoms with Gasteiger partial charge in [-0.2, -0.15) is 0 Å². The molecule has 210 valence electrons. The number of aldehydes is 1. The second-order valence-corrected chi connectivity index (χ2v) is 11.7. The van der Waals surface area contributed by atoms with Crippen LogP contribution >= 0.6 is 7.82 Å². The smallest absolute Gasteiger partial charge is 0.404 e. The molecule has 1 saturated carbocycles. The summed E-state index contributed by atoms with van der Waals surface area (Å²) in [6.07, 6.45) is -3.81. The van der Waals surface area contributed by atoms with Gasteiger partial charge in [0.15, 0.2) is 17.9 Å². The van der Waals surface area contributed by atoms with Gasteiger partial charge in [0.05, 0.1) is 12.2 Å². The van der Waals surface area contributed by atoms with Gasteiger partial charge in [0.2, 0.25) is 0 Å². The zero-order chi connectivity index (χ0) is 27.6. The van der Waals surface area contributed by atoms with Crippen LogP contribution in [0, 0.1) is 5.92 Å². The van der Waals surface area contributed by atoms with Crippen LogP contribution in [0.4, 0.5) is 0 Å². The molecule has 12 heteroatoms. The predicted octanol–water partition coefficient (Wildman–Crippen LogP) is 4.07. The van der Waals surface area contributed by atoms with Crippen LogP contribution in [0.5, 0.6) is 5.75 Å². The molecule has 1 aliphatic heterocycles. The molecule has 2 fully saturated rings. The van der Waals surface area contributed by atoms with Crippen molar-refractivity contribution in [3.05, 3.63) is 29.8 Å². The van der Waals surface area contributed by atoms with E-state index in [4.69, 9.17) is 37.3 Å². The maximum Gasteiger partial charge on any atom is 0.530 e. The van der Waals surface area contributed by atoms with Gasteiger partial charge in [-0.15, -0.1) is 0 Å². The molecule has 1 saturated heterocycles. The van der Waals surface area contributed by atoms with Gasteiger partial charge in [0.25, 0.3) is 0 Å². The number of phosphoric acid groups is 1. The zero-order valence-electron chi connectivity index (χ0n) is 22.6. The third kappa shape index (κ3) is 7.59. The number of carbonyl (C=O) groups excluding carboxylic acids is 1. The number of aliphatic hydroxyl groups is 1. The Bertz CT molecular complexity index is 945. The number of hydrogen-bond donors (Lipinski definition) is 1. The van der Waals surface area contributed by atoms with E-state index in [9.17, 15) is 14.5 Å². The molecule has 1 aliphatic carbocycles. The Morgan fingerprint density at radius 2 is 1.73 bits per heavy atom. The van der Waals surface area contributed by atoms with E-state index in [1.165, 1.54) is 45.2 Å². The molecule has 1 N–H and O–H groups in total. The normalized spacial score (nSPS) is 31.8. The van der Waals surface area contributed by atoms with Crippen LogP contribution in [0.3, 0.4) is 0 Å². The van der Waals surface area contributed by atoms with Crippen LogP contribution in [0.25, 0.3) is 0 Å². The summed E-state index contributed by atoms with van der Waals surface area (Å²) < 4.78 is 60.8. The van der Waals surface area contributed by atoms with Crippen LogP contribution in [0.15, 0.2) is 24.3 Å². The fourth-order valence-electron chi connectivity index (χ4n) is 4.61. The molecule has 0 aromatic heterocycles. The Morgan fingerprint density at radius 3 is 2.24 bits per heavy atom. The number of ether oxygens (including phenoxy) is 5. The lowest BCUT2D eigenvalue weighted by atomic mass is 9.79. The van der Waals surface area contributed by atoms with Crippen molar-refractivity contribution in [1.82, 2.24) is 0 Å². The van der Waals surface area contributed by atoms with Gasteiger partial charge in [-0.1, -0.05) is 6.92 Å². The highest BCUT2D eigenvalue weighted by Crippen LogP contribution is 2.54. The Labute approximate surface area is 218 Å². The van der Waals surface area contributed by atoms with Gasteiger partial charge < -0.3 is 33.3 Å². The number of phosphoric ester groups is 1. The molecule has 37 heavy (non-hydrogen) atoms. The van der Waals surface area contributed by atoms with Gasteiger partial charge >= 0.3 is 7.82 Å². The average Bonchev–Trinajstić information content (AvgIpc) is 3.14. The van der Waals surface area contributed by atoms with E-state index in [0.29, 0.717) is 18.5 Å². The predicted molar refractivity (Wildman–Crippen MR) is 132 cm³/mol. The van der Waals surface area contributed by atoms with Crippen LogP contribution in [-0.2, 0) is 37.3 Å². The highest BCUT2D eigenvalue weighted by atomic mass is 31.2. The average molecular weight is 547 g/mol. The van der Waals surface area contributed by atoms with Crippen LogP contribution in [0.2, 0.25) is 0 Å². The van der Waals surface area contributed by atoms with Gasteiger partial charge in [0.1, 0.15) is 30.3 Å². The Balaban J connectivity index is 1.96. The lowest BCUT2D eigenvalue weighted by Gasteiger charge is -2.47. The molecular weight excluding hydrogens is 507 g/mol. The minimum absolute atomic E-state index is 0.173. The lowest BCUT2D eigenvalue weighted by molar-refractivity contribution is -0.285. The largest absolute Gasteiger partial charge is 0.530 e. The van der Waals surface area contributed by atoms with Gasteiger partial charge in [-0.05, 0) is 65.8 Å². The number of benzene rings is 1. The topological polar surface area (TPSA) is 128 Å². The third-order valence-electron chi connectivity index (χ3n) is 6.05. The molecule has 1 aromatic rings. The molecule has 3 rings (SSSR count). The highest BCUT2D eigenvalue weighted by Gasteiger charge is 2.61. The summed E-state index contributed by atoms with van der Waals surface area (Å²) in [5.74, 6) is -2.84. The number of hydrogen-bond acceptors (Lipinski definition) is 11. The van der Waals surface area contributed by atoms with E-state index in [2.05, 4.69) is 0 Å². The van der Waals surface area contributed by atoms with Crippen molar-refractivity contribution in [2.75, 3.05) is 13.7 Å². The monoisotopic (exact) mass is 546 g/mol. The fraction of sp³-hybridized carbons (Fsp3) is 0.720. The van der Waals surface area contributed by atoms with E-state index < -0.39 is 62.1 Å². The van der Waals surface area contributed by atoms with E-state index in [1.807, 2.05) is 13.8 Å². The van der Waals surface area contributed by atoms with Crippen molar-refractivity contribution in [3.8, 4) is 5.75 Å². The summed E-state index contributed by atoms with van der Waals surface area (Å²) in [6, 6.07) is 5.98. The van der Waals surface area contributed by atoms with Crippen molar-refractivity contribution in [1.29, 1.82) is 0 Å². The molecule has 0 amide bonds. The number of fused-ring (bicyclic) bond motifs is 1. The number of carbonyl (C=O) groups is 1. The fourth-order valence-corrected chi connectivity index (χ4v) is 5.73. The van der Waals surface area contributed by atoms with Crippen molar-refractivity contribution in [2.45, 2.75) is 96.9 Å². The first-order valence-electron chi connectivity index (χ1n) is 12.3. The Kier molecular flexibility index (Phi) is 9.59. The molecule has 0 bridgehead atoms. The van der Waals surface area contributed by atoms with Crippen molar-refractivity contribution in [3.63, 3.8) is 0 Å². The van der Waals surface area contributed by atoms with Gasteiger partial charge in [-0.3, -0.25) is 13.8 Å². The summed E-state index contributed by atoms with van der Waals surface area (Å²) >= 11 is 0. The molecule has 8 atom stereocenters. The summed E-state index contributed by atoms with van der Waals surface area (Å²) in [4.78, 5) is 11.0. The molecular formula is C25H39O11P. The quantitative estimate of drug-likeness (QED) is 0.231. The lowest BCUT2D eigenvalue weighted by Crippen LogP contribution is -2.63. The number of rotatable bonds is 12. The van der Waals surface area contributed by atoms with Crippen LogP contribution in [0.1, 0.15) is 58.8 Å². The molecule has 11 nitrogen and oxygen atoms in total. The molecule has 0 radical (unpaired) electrons. The minimum atomic E-state index is -4.24. The molecule has 2 aliphatic rings. The summed E-state index contributed by atoms with van der Waals surface area (Å²) in [7, 11) is -3.05. The summed E-state index contributed by atoms with van der Waals surface area (Å²) in [5, 5.41) is 10.6. The van der Waals surface area contributed by atoms with E-state index in [1.54, 1.807) is 20.8 Å². The van der Waals surface area contributed by atoms with Crippen LogP contribution in [-0.4, -0.2) is 73.5 Å². The van der Waals surface area contributed by atoms with Crippen LogP contribution < -0.4 is 4.52 Å². The first-order chi connectivity index (χ1) is 17.2. The molecule has 1 heterocycles. The Hall–Kier alpha value is -1.40. The van der Waals surface area contributed by atoms with E-state index in [0.717, 1.165) is 0 Å². The van der Waals surface area contributed by atoms with Crippen molar-refractivity contribution >= 4 is 14.1 Å². The van der Waals surface area contributed by atoms with E-state index in [-0.39, 0.29) is 5.75 Å². The first-order valence-corrected chi connectivity index (χ1v) is 13.8. The summed E-state index contributed by atoms with van der Waals surface area (Å²) in [5.41, 5.74) is 0.425. The summed E-state index contributed by atoms with van der Waals surface area (Å²) in [6.45, 7) is 12.4. The maximum atomic E-state index is 13.7. The second-order valence-electron chi connectivity index (χ2n) is 10.1. The molecule has 2 unspecified atom stereocenters. The minimum Gasteiger partial charge on any atom is -0.404 e. The van der Waals surface area contributed by atoms with Crippen molar-refractivity contribution in [2.24, 2.45) is 5.92 Å². The standard InChI is InChI=1S/C25H39O11P/c1-9-30-16(3)31-19-15(2)20(32-24(4,5)27)23(22-21(19)33-25(6,7)34-22)36-37(28,29-8)35-18-12-10-17(14-26)11-13-18/h10-16,19-23,27H,9H2,1-8H3/t15-,16?,19-,20-,21+,22-,23-,37?/m1/s1. The highest BCUT2D eigenvalue weighted by molar-refractivity contribution is 7.48. The van der Waals surface area contributed by atoms with Gasteiger partial charge in [-0.25, -0.2) is 4.57 Å². The molecule has 1 aromatic carbocycles. The van der Waals surface area contributed by atoms with Gasteiger partial charge in [0, 0.05) is 25.2 Å². The second kappa shape index (κ2) is 11.8. The third-order valence-corrected chi connectivity index (χ3v) is 7.44. The van der Waals surface area contributed by atoms with E-state index >= 15 is 0 Å². The first kappa shape index (κ1) is 30.1. The van der Waals surface area contributed by atoms with Crippen molar-refractivity contribution < 1.29 is 51.7 Å².